The zero-order valence-corrected chi connectivity index (χ0v) is 12.0. The number of aromatic nitrogens is 1. The number of benzene rings is 1. The molecule has 1 aliphatic rings. The molecule has 3 rings (SSSR count). The van der Waals surface area contributed by atoms with E-state index in [1.54, 1.807) is 6.07 Å². The van der Waals surface area contributed by atoms with E-state index in [0.717, 1.165) is 36.1 Å². The fraction of sp³-hybridized carbons (Fsp3) is 0.250. The highest BCUT2D eigenvalue weighted by Crippen LogP contribution is 2.21. The van der Waals surface area contributed by atoms with Gasteiger partial charge in [0.1, 0.15) is 4.99 Å². The summed E-state index contributed by atoms with van der Waals surface area (Å²) in [6.45, 7) is 0.537. The van der Waals surface area contributed by atoms with Gasteiger partial charge >= 0.3 is 0 Å². The molecule has 1 heterocycles. The summed E-state index contributed by atoms with van der Waals surface area (Å²) in [4.78, 5) is 12.5. The lowest BCUT2D eigenvalue weighted by Gasteiger charge is -2.14. The van der Waals surface area contributed by atoms with E-state index < -0.39 is 0 Å². The van der Waals surface area contributed by atoms with Crippen LogP contribution >= 0.6 is 12.2 Å². The molecule has 0 atom stereocenters. The molecular weight excluding hydrogens is 268 g/mol. The van der Waals surface area contributed by atoms with E-state index in [4.69, 9.17) is 18.0 Å². The van der Waals surface area contributed by atoms with Gasteiger partial charge in [-0.3, -0.25) is 4.79 Å². The van der Waals surface area contributed by atoms with E-state index in [-0.39, 0.29) is 5.56 Å². The van der Waals surface area contributed by atoms with Crippen LogP contribution in [0.4, 0.5) is 0 Å². The second-order valence-electron chi connectivity index (χ2n) is 5.10. The second-order valence-corrected chi connectivity index (χ2v) is 5.54. The highest BCUT2D eigenvalue weighted by molar-refractivity contribution is 7.80. The van der Waals surface area contributed by atoms with Crippen molar-refractivity contribution in [2.24, 2.45) is 5.73 Å². The summed E-state index contributed by atoms with van der Waals surface area (Å²) in [5.74, 6) is 0. The summed E-state index contributed by atoms with van der Waals surface area (Å²) in [6, 6.07) is 11.4. The van der Waals surface area contributed by atoms with Crippen LogP contribution in [0.3, 0.4) is 0 Å². The van der Waals surface area contributed by atoms with Gasteiger partial charge in [-0.25, -0.2) is 0 Å². The monoisotopic (exact) mass is 284 g/mol. The molecule has 0 bridgehead atoms. The van der Waals surface area contributed by atoms with E-state index in [1.807, 2.05) is 34.9 Å². The summed E-state index contributed by atoms with van der Waals surface area (Å²) >= 11 is 5.09. The number of thiocarbonyl (C=S) groups is 1. The molecule has 0 radical (unpaired) electrons. The molecule has 102 valence electrons. The Morgan fingerprint density at radius 2 is 2.00 bits per heavy atom. The third-order valence-corrected chi connectivity index (χ3v) is 4.08. The van der Waals surface area contributed by atoms with Crippen molar-refractivity contribution in [3.63, 3.8) is 0 Å². The van der Waals surface area contributed by atoms with E-state index in [1.165, 1.54) is 5.56 Å². The number of fused-ring (bicyclic) bond motifs is 1. The first kappa shape index (κ1) is 13.1. The number of hydrogen-bond donors (Lipinski definition) is 1. The Morgan fingerprint density at radius 3 is 2.80 bits per heavy atom. The second kappa shape index (κ2) is 5.21. The number of hydrogen-bond acceptors (Lipinski definition) is 2. The first-order valence-electron chi connectivity index (χ1n) is 6.76. The highest BCUT2D eigenvalue weighted by atomic mass is 32.1. The molecule has 0 spiro atoms. The minimum absolute atomic E-state index is 0.0448. The van der Waals surface area contributed by atoms with Crippen LogP contribution in [0.5, 0.6) is 0 Å². The van der Waals surface area contributed by atoms with Crippen molar-refractivity contribution in [1.82, 2.24) is 4.57 Å². The maximum absolute atomic E-state index is 12.2. The maximum atomic E-state index is 12.2. The molecule has 2 N–H and O–H groups in total. The van der Waals surface area contributed by atoms with Crippen LogP contribution in [0.2, 0.25) is 0 Å². The van der Waals surface area contributed by atoms with Gasteiger partial charge in [-0.1, -0.05) is 42.5 Å². The van der Waals surface area contributed by atoms with Crippen LogP contribution in [0, 0.1) is 0 Å². The number of aryl methyl sites for hydroxylation is 1. The van der Waals surface area contributed by atoms with Crippen molar-refractivity contribution >= 4 is 17.2 Å². The van der Waals surface area contributed by atoms with Crippen LogP contribution in [-0.2, 0) is 19.4 Å². The van der Waals surface area contributed by atoms with Gasteiger partial charge in [0.2, 0.25) is 0 Å². The first-order chi connectivity index (χ1) is 9.66. The summed E-state index contributed by atoms with van der Waals surface area (Å²) in [5, 5.41) is 0. The Hall–Kier alpha value is -1.94. The van der Waals surface area contributed by atoms with Gasteiger partial charge in [-0.15, -0.1) is 0 Å². The molecule has 4 heteroatoms. The van der Waals surface area contributed by atoms with Crippen LogP contribution in [0.1, 0.15) is 28.8 Å². The molecular formula is C16H16N2OS. The van der Waals surface area contributed by atoms with Gasteiger partial charge in [0.05, 0.1) is 6.54 Å². The lowest BCUT2D eigenvalue weighted by atomic mass is 10.1. The topological polar surface area (TPSA) is 48.0 Å². The average molecular weight is 284 g/mol. The lowest BCUT2D eigenvalue weighted by Crippen LogP contribution is -2.24. The van der Waals surface area contributed by atoms with Crippen LogP contribution in [-0.4, -0.2) is 9.56 Å². The molecule has 2 aromatic rings. The van der Waals surface area contributed by atoms with Gasteiger partial charge in [0.15, 0.2) is 0 Å². The van der Waals surface area contributed by atoms with Gasteiger partial charge < -0.3 is 10.3 Å². The Kier molecular flexibility index (Phi) is 3.40. The van der Waals surface area contributed by atoms with Crippen molar-refractivity contribution in [2.75, 3.05) is 0 Å². The first-order valence-corrected chi connectivity index (χ1v) is 7.17. The molecule has 20 heavy (non-hydrogen) atoms. The molecule has 3 nitrogen and oxygen atoms in total. The SMILES string of the molecule is NC(=S)c1ccccc1Cn1c2c(ccc1=O)CCC2. The molecule has 0 unspecified atom stereocenters. The molecule has 0 amide bonds. The van der Waals surface area contributed by atoms with Crippen molar-refractivity contribution in [1.29, 1.82) is 0 Å². The Bertz CT molecular complexity index is 733. The molecule has 0 saturated carbocycles. The smallest absolute Gasteiger partial charge is 0.251 e. The van der Waals surface area contributed by atoms with Gasteiger partial charge in [0.25, 0.3) is 5.56 Å². The van der Waals surface area contributed by atoms with Crippen molar-refractivity contribution < 1.29 is 0 Å². The Labute approximate surface area is 123 Å². The summed E-state index contributed by atoms with van der Waals surface area (Å²) in [7, 11) is 0. The fourth-order valence-electron chi connectivity index (χ4n) is 2.88. The predicted octanol–water partition coefficient (Wildman–Crippen LogP) is 2.02. The largest absolute Gasteiger partial charge is 0.389 e. The number of nitrogens with two attached hydrogens (primary N) is 1. The van der Waals surface area contributed by atoms with E-state index in [0.29, 0.717) is 11.5 Å². The number of nitrogens with zero attached hydrogens (tertiary/aromatic N) is 1. The quantitative estimate of drug-likeness (QED) is 0.877. The standard InChI is InChI=1S/C16H16N2OS/c17-16(20)13-6-2-1-4-12(13)10-18-14-7-3-5-11(14)8-9-15(18)19/h1-2,4,6,8-9H,3,5,7,10H2,(H2,17,20). The predicted molar refractivity (Wildman–Crippen MR) is 84.2 cm³/mol. The Morgan fingerprint density at radius 1 is 1.20 bits per heavy atom. The summed E-state index contributed by atoms with van der Waals surface area (Å²) in [5.41, 5.74) is 10.1. The minimum atomic E-state index is 0.0448. The molecule has 1 aromatic heterocycles. The van der Waals surface area contributed by atoms with Crippen molar-refractivity contribution in [2.45, 2.75) is 25.8 Å². The molecule has 0 aliphatic heterocycles. The highest BCUT2D eigenvalue weighted by Gasteiger charge is 2.16. The van der Waals surface area contributed by atoms with E-state index in [9.17, 15) is 4.79 Å². The van der Waals surface area contributed by atoms with Crippen LogP contribution in [0.15, 0.2) is 41.2 Å². The van der Waals surface area contributed by atoms with E-state index in [2.05, 4.69) is 0 Å². The van der Waals surface area contributed by atoms with Gasteiger partial charge in [0, 0.05) is 17.3 Å². The molecule has 1 aliphatic carbocycles. The zero-order chi connectivity index (χ0) is 14.1. The van der Waals surface area contributed by atoms with Crippen molar-refractivity contribution in [3.8, 4) is 0 Å². The third-order valence-electron chi connectivity index (χ3n) is 3.86. The number of pyridine rings is 1. The third kappa shape index (κ3) is 2.27. The molecule has 1 aromatic carbocycles. The van der Waals surface area contributed by atoms with Crippen LogP contribution in [0.25, 0.3) is 0 Å². The van der Waals surface area contributed by atoms with Crippen LogP contribution < -0.4 is 11.3 Å². The van der Waals surface area contributed by atoms with Gasteiger partial charge in [-0.05, 0) is 30.4 Å². The molecule has 0 fully saturated rings. The van der Waals surface area contributed by atoms with Crippen molar-refractivity contribution in [3.05, 3.63) is 69.1 Å². The Balaban J connectivity index is 2.07. The minimum Gasteiger partial charge on any atom is -0.389 e. The zero-order valence-electron chi connectivity index (χ0n) is 11.1. The van der Waals surface area contributed by atoms with Gasteiger partial charge in [-0.2, -0.15) is 0 Å². The summed E-state index contributed by atoms with van der Waals surface area (Å²) < 4.78 is 1.86. The maximum Gasteiger partial charge on any atom is 0.251 e. The lowest BCUT2D eigenvalue weighted by molar-refractivity contribution is 0.707. The molecule has 0 saturated heterocycles. The summed E-state index contributed by atoms with van der Waals surface area (Å²) in [6.07, 6.45) is 3.16. The average Bonchev–Trinajstić information content (AvgIpc) is 2.91. The normalized spacial score (nSPS) is 13.2. The fourth-order valence-corrected chi connectivity index (χ4v) is 3.08. The number of rotatable bonds is 3. The van der Waals surface area contributed by atoms with E-state index >= 15 is 0 Å².